The first-order chi connectivity index (χ1) is 17.0. The molecule has 3 aromatic rings. The summed E-state index contributed by atoms with van der Waals surface area (Å²) in [4.78, 5) is 15.4. The maximum Gasteiger partial charge on any atom is 0.230 e. The van der Waals surface area contributed by atoms with Crippen molar-refractivity contribution < 1.29 is 17.9 Å². The fraction of sp³-hybridized carbons (Fsp3) is 0.321. The third-order valence-corrected chi connectivity index (χ3v) is 8.29. The number of carbonyl (C=O) groups is 1. The van der Waals surface area contributed by atoms with Gasteiger partial charge in [0.25, 0.3) is 0 Å². The van der Waals surface area contributed by atoms with Crippen LogP contribution in [0.1, 0.15) is 30.9 Å². The minimum absolute atomic E-state index is 0.0363. The van der Waals surface area contributed by atoms with Crippen LogP contribution in [0.25, 0.3) is 0 Å². The minimum atomic E-state index is -3.22. The fourth-order valence-electron chi connectivity index (χ4n) is 4.30. The summed E-state index contributed by atoms with van der Waals surface area (Å²) in [7, 11) is -3.22. The first kappa shape index (κ1) is 24.9. The van der Waals surface area contributed by atoms with Crippen molar-refractivity contribution in [3.63, 3.8) is 0 Å². The summed E-state index contributed by atoms with van der Waals surface area (Å²) in [6.07, 6.45) is 1.07. The number of piperidine rings is 1. The summed E-state index contributed by atoms with van der Waals surface area (Å²) >= 11 is 0. The zero-order valence-electron chi connectivity index (χ0n) is 20.0. The number of amides is 1. The number of ether oxygens (including phenoxy) is 1. The molecular weight excluding hydrogens is 460 g/mol. The van der Waals surface area contributed by atoms with E-state index in [1.54, 1.807) is 6.92 Å². The number of benzene rings is 3. The maximum atomic E-state index is 13.6. The van der Waals surface area contributed by atoms with Gasteiger partial charge in [-0.3, -0.25) is 4.79 Å². The molecule has 0 spiro atoms. The molecule has 35 heavy (non-hydrogen) atoms. The summed E-state index contributed by atoms with van der Waals surface area (Å²) in [5, 5.41) is 0. The second-order valence-electron chi connectivity index (χ2n) is 8.75. The van der Waals surface area contributed by atoms with E-state index in [4.69, 9.17) is 4.74 Å². The molecule has 0 saturated carbocycles. The molecule has 0 atom stereocenters. The number of hydrogen-bond donors (Lipinski definition) is 0. The van der Waals surface area contributed by atoms with Gasteiger partial charge in [0.05, 0.1) is 12.3 Å². The Kier molecular flexibility index (Phi) is 8.21. The number of carbonyl (C=O) groups excluding carboxylic acids is 1. The lowest BCUT2D eigenvalue weighted by molar-refractivity contribution is -0.123. The number of nitrogens with zero attached hydrogens (tertiary/aromatic N) is 2. The van der Waals surface area contributed by atoms with Crippen LogP contribution in [0.2, 0.25) is 0 Å². The molecule has 4 rings (SSSR count). The van der Waals surface area contributed by atoms with Crippen molar-refractivity contribution in [3.05, 3.63) is 96.1 Å². The highest BCUT2D eigenvalue weighted by atomic mass is 32.2. The van der Waals surface area contributed by atoms with E-state index in [-0.39, 0.29) is 17.6 Å². The summed E-state index contributed by atoms with van der Waals surface area (Å²) < 4.78 is 31.8. The predicted molar refractivity (Wildman–Crippen MR) is 139 cm³/mol. The first-order valence-electron chi connectivity index (χ1n) is 12.1. The van der Waals surface area contributed by atoms with Crippen molar-refractivity contribution >= 4 is 21.6 Å². The molecule has 1 aliphatic heterocycles. The lowest BCUT2D eigenvalue weighted by Gasteiger charge is -2.33. The molecule has 0 N–H and O–H groups in total. The quantitative estimate of drug-likeness (QED) is 0.428. The summed E-state index contributed by atoms with van der Waals surface area (Å²) in [6, 6.07) is 27.5. The molecule has 0 unspecified atom stereocenters. The topological polar surface area (TPSA) is 66.9 Å². The van der Waals surface area contributed by atoms with E-state index in [2.05, 4.69) is 0 Å². The molecule has 6 nitrogen and oxygen atoms in total. The van der Waals surface area contributed by atoms with Gasteiger partial charge in [0.15, 0.2) is 0 Å². The highest BCUT2D eigenvalue weighted by Gasteiger charge is 2.32. The van der Waals surface area contributed by atoms with E-state index in [0.717, 1.165) is 22.6 Å². The Morgan fingerprint density at radius 2 is 1.49 bits per heavy atom. The van der Waals surface area contributed by atoms with E-state index in [1.165, 1.54) is 4.31 Å². The van der Waals surface area contributed by atoms with Gasteiger partial charge in [0, 0.05) is 24.7 Å². The highest BCUT2D eigenvalue weighted by Crippen LogP contribution is 2.27. The van der Waals surface area contributed by atoms with Gasteiger partial charge in [-0.1, -0.05) is 60.7 Å². The second-order valence-corrected chi connectivity index (χ2v) is 11.0. The lowest BCUT2D eigenvalue weighted by Crippen LogP contribution is -2.44. The van der Waals surface area contributed by atoms with Crippen LogP contribution in [-0.2, 0) is 28.0 Å². The Morgan fingerprint density at radius 3 is 2.09 bits per heavy atom. The third-order valence-electron chi connectivity index (χ3n) is 6.41. The molecule has 0 bridgehead atoms. The molecular formula is C28H32N2O4S. The smallest absolute Gasteiger partial charge is 0.230 e. The summed E-state index contributed by atoms with van der Waals surface area (Å²) in [6.45, 7) is 3.38. The van der Waals surface area contributed by atoms with Crippen molar-refractivity contribution in [2.24, 2.45) is 5.92 Å². The number of hydrogen-bond acceptors (Lipinski definition) is 4. The van der Waals surface area contributed by atoms with Gasteiger partial charge >= 0.3 is 0 Å². The normalized spacial score (nSPS) is 15.0. The Morgan fingerprint density at radius 1 is 0.886 bits per heavy atom. The number of para-hydroxylation sites is 1. The fourth-order valence-corrected chi connectivity index (χ4v) is 5.44. The van der Waals surface area contributed by atoms with E-state index in [1.807, 2.05) is 89.8 Å². The molecule has 3 aromatic carbocycles. The molecule has 1 saturated heterocycles. The van der Waals surface area contributed by atoms with Crippen molar-refractivity contribution in [2.75, 3.05) is 23.7 Å². The van der Waals surface area contributed by atoms with Crippen molar-refractivity contribution in [1.82, 2.24) is 4.31 Å². The maximum absolute atomic E-state index is 13.6. The molecule has 1 aliphatic rings. The average Bonchev–Trinajstić information content (AvgIpc) is 2.92. The summed E-state index contributed by atoms with van der Waals surface area (Å²) in [5.74, 6) is 0.702. The van der Waals surface area contributed by atoms with Gasteiger partial charge in [-0.05, 0) is 55.2 Å². The lowest BCUT2D eigenvalue weighted by atomic mass is 9.96. The molecule has 0 aliphatic carbocycles. The monoisotopic (exact) mass is 492 g/mol. The Balaban J connectivity index is 1.43. The van der Waals surface area contributed by atoms with Crippen LogP contribution in [-0.4, -0.2) is 37.5 Å². The van der Waals surface area contributed by atoms with Crippen LogP contribution in [0.5, 0.6) is 5.75 Å². The van der Waals surface area contributed by atoms with Gasteiger partial charge in [-0.2, -0.15) is 0 Å². The molecule has 1 amide bonds. The second kappa shape index (κ2) is 11.5. The average molecular weight is 493 g/mol. The van der Waals surface area contributed by atoms with E-state index in [9.17, 15) is 13.2 Å². The standard InChI is InChI=1S/C28H32N2O4S/c1-2-35(32,33)29-19-17-25(18-20-29)28(31)30(26-11-7-4-8-12-26)21-23-13-15-27(16-14-23)34-22-24-9-5-3-6-10-24/h3-16,25H,2,17-22H2,1H3. The van der Waals surface area contributed by atoms with Crippen molar-refractivity contribution in [3.8, 4) is 5.75 Å². The van der Waals surface area contributed by atoms with Crippen molar-refractivity contribution in [2.45, 2.75) is 32.9 Å². The first-order valence-corrected chi connectivity index (χ1v) is 13.7. The molecule has 1 heterocycles. The number of sulfonamides is 1. The molecule has 0 radical (unpaired) electrons. The Bertz CT molecular complexity index is 1190. The van der Waals surface area contributed by atoms with Gasteiger partial charge in [-0.25, -0.2) is 12.7 Å². The zero-order valence-corrected chi connectivity index (χ0v) is 20.9. The van der Waals surface area contributed by atoms with Gasteiger partial charge in [-0.15, -0.1) is 0 Å². The van der Waals surface area contributed by atoms with Crippen LogP contribution in [0.3, 0.4) is 0 Å². The van der Waals surface area contributed by atoms with Crippen molar-refractivity contribution in [1.29, 1.82) is 0 Å². The van der Waals surface area contributed by atoms with E-state index in [0.29, 0.717) is 39.1 Å². The SMILES string of the molecule is CCS(=O)(=O)N1CCC(C(=O)N(Cc2ccc(OCc3ccccc3)cc2)c2ccccc2)CC1. The Labute approximate surface area is 208 Å². The predicted octanol–water partition coefficient (Wildman–Crippen LogP) is 4.86. The Hall–Kier alpha value is -3.16. The van der Waals surface area contributed by atoms with Gasteiger partial charge in [0.2, 0.25) is 15.9 Å². The van der Waals surface area contributed by atoms with E-state index < -0.39 is 10.0 Å². The summed E-state index contributed by atoms with van der Waals surface area (Å²) in [5.41, 5.74) is 2.95. The van der Waals surface area contributed by atoms with Crippen LogP contribution in [0, 0.1) is 5.92 Å². The van der Waals surface area contributed by atoms with Crippen LogP contribution in [0.15, 0.2) is 84.9 Å². The van der Waals surface area contributed by atoms with Gasteiger partial charge < -0.3 is 9.64 Å². The van der Waals surface area contributed by atoms with E-state index >= 15 is 0 Å². The minimum Gasteiger partial charge on any atom is -0.489 e. The third kappa shape index (κ3) is 6.50. The molecule has 1 fully saturated rings. The van der Waals surface area contributed by atoms with Crippen LogP contribution in [0.4, 0.5) is 5.69 Å². The number of rotatable bonds is 9. The zero-order chi connectivity index (χ0) is 24.7. The largest absolute Gasteiger partial charge is 0.489 e. The van der Waals surface area contributed by atoms with Crippen LogP contribution >= 0.6 is 0 Å². The number of anilines is 1. The molecule has 7 heteroatoms. The van der Waals surface area contributed by atoms with Gasteiger partial charge in [0.1, 0.15) is 12.4 Å². The molecule has 0 aromatic heterocycles. The highest BCUT2D eigenvalue weighted by molar-refractivity contribution is 7.89. The van der Waals surface area contributed by atoms with Crippen LogP contribution < -0.4 is 9.64 Å². The molecule has 184 valence electrons.